The normalized spacial score (nSPS) is 17.1. The van der Waals surface area contributed by atoms with Crippen LogP contribution < -0.4 is 15.5 Å². The second-order valence-electron chi connectivity index (χ2n) is 7.86. The van der Waals surface area contributed by atoms with E-state index >= 15 is 0 Å². The Balaban J connectivity index is 0.00000306. The predicted octanol–water partition coefficient (Wildman–Crippen LogP) is 1.41. The molecule has 0 unspecified atom stereocenters. The number of amides is 1. The zero-order valence-corrected chi connectivity index (χ0v) is 20.8. The van der Waals surface area contributed by atoms with Crippen molar-refractivity contribution in [3.05, 3.63) is 48.5 Å². The Morgan fingerprint density at radius 1 is 0.909 bits per heavy atom. The van der Waals surface area contributed by atoms with E-state index in [0.29, 0.717) is 38.0 Å². The lowest BCUT2D eigenvalue weighted by Gasteiger charge is -2.36. The van der Waals surface area contributed by atoms with Crippen molar-refractivity contribution in [3.8, 4) is 0 Å². The van der Waals surface area contributed by atoms with Crippen LogP contribution in [-0.2, 0) is 4.79 Å². The van der Waals surface area contributed by atoms with Crippen LogP contribution in [0.15, 0.2) is 47.7 Å². The molecule has 0 aliphatic carbocycles. The second kappa shape index (κ2) is 12.0. The van der Waals surface area contributed by atoms with Gasteiger partial charge in [-0.3, -0.25) is 9.79 Å². The van der Waals surface area contributed by atoms with Crippen LogP contribution in [0.2, 0.25) is 0 Å². The van der Waals surface area contributed by atoms with E-state index in [1.54, 1.807) is 30.6 Å². The Hall–Kier alpha value is -2.70. The molecule has 2 aromatic rings. The van der Waals surface area contributed by atoms with E-state index in [4.69, 9.17) is 5.73 Å². The maximum absolute atomic E-state index is 13.1. The molecule has 4 rings (SSSR count). The molecular weight excluding hydrogens is 538 g/mol. The van der Waals surface area contributed by atoms with Crippen molar-refractivity contribution in [3.63, 3.8) is 0 Å². The van der Waals surface area contributed by atoms with Crippen LogP contribution >= 0.6 is 24.0 Å². The Kier molecular flexibility index (Phi) is 9.03. The van der Waals surface area contributed by atoms with Crippen LogP contribution in [0.5, 0.6) is 0 Å². The van der Waals surface area contributed by atoms with E-state index in [-0.39, 0.29) is 35.7 Å². The highest BCUT2D eigenvalue weighted by molar-refractivity contribution is 14.0. The maximum Gasteiger partial charge on any atom is 0.225 e. The number of carbonyl (C=O) groups is 1. The highest BCUT2D eigenvalue weighted by Crippen LogP contribution is 2.17. The molecule has 178 valence electrons. The molecular formula is C22H30FIN8O. The molecule has 11 heteroatoms. The number of benzene rings is 1. The first-order valence-electron chi connectivity index (χ1n) is 11.0. The van der Waals surface area contributed by atoms with Gasteiger partial charge in [0, 0.05) is 76.9 Å². The van der Waals surface area contributed by atoms with Crippen molar-refractivity contribution in [1.29, 1.82) is 0 Å². The van der Waals surface area contributed by atoms with Crippen LogP contribution in [0, 0.1) is 5.82 Å². The molecule has 2 N–H and O–H groups in total. The minimum Gasteiger partial charge on any atom is -0.370 e. The Bertz CT molecular complexity index is 914. The molecule has 1 aromatic carbocycles. The number of rotatable bonds is 5. The van der Waals surface area contributed by atoms with Crippen molar-refractivity contribution in [2.24, 2.45) is 10.7 Å². The molecule has 0 bridgehead atoms. The van der Waals surface area contributed by atoms with Gasteiger partial charge in [-0.2, -0.15) is 0 Å². The van der Waals surface area contributed by atoms with Crippen molar-refractivity contribution in [2.45, 2.75) is 6.42 Å². The van der Waals surface area contributed by atoms with Gasteiger partial charge in [-0.25, -0.2) is 14.4 Å². The first-order valence-corrected chi connectivity index (χ1v) is 11.0. The summed E-state index contributed by atoms with van der Waals surface area (Å²) in [7, 11) is 0. The maximum atomic E-state index is 13.1. The summed E-state index contributed by atoms with van der Waals surface area (Å²) in [5.41, 5.74) is 7.17. The molecule has 0 spiro atoms. The van der Waals surface area contributed by atoms with Crippen molar-refractivity contribution < 1.29 is 9.18 Å². The summed E-state index contributed by atoms with van der Waals surface area (Å²) in [6.07, 6.45) is 3.80. The largest absolute Gasteiger partial charge is 0.370 e. The first kappa shape index (κ1) is 24.9. The molecule has 1 amide bonds. The highest BCUT2D eigenvalue weighted by atomic mass is 127. The molecule has 33 heavy (non-hydrogen) atoms. The minimum absolute atomic E-state index is 0. The SMILES string of the molecule is I.NC(=NCCC(=O)N1CCN(c2ncccn2)CC1)N1CCN(c2ccc(F)cc2)CC1. The average molecular weight is 568 g/mol. The minimum atomic E-state index is -0.231. The Morgan fingerprint density at radius 2 is 1.48 bits per heavy atom. The van der Waals surface area contributed by atoms with Gasteiger partial charge in [0.05, 0.1) is 6.54 Å². The van der Waals surface area contributed by atoms with E-state index < -0.39 is 0 Å². The van der Waals surface area contributed by atoms with E-state index in [1.165, 1.54) is 12.1 Å². The third-order valence-electron chi connectivity index (χ3n) is 5.86. The number of nitrogens with zero attached hydrogens (tertiary/aromatic N) is 7. The fraction of sp³-hybridized carbons (Fsp3) is 0.455. The van der Waals surface area contributed by atoms with Gasteiger partial charge in [0.2, 0.25) is 11.9 Å². The third-order valence-corrected chi connectivity index (χ3v) is 5.86. The summed E-state index contributed by atoms with van der Waals surface area (Å²) in [5, 5.41) is 0. The van der Waals surface area contributed by atoms with Gasteiger partial charge < -0.3 is 25.3 Å². The average Bonchev–Trinajstić information content (AvgIpc) is 2.85. The van der Waals surface area contributed by atoms with Gasteiger partial charge in [0.15, 0.2) is 5.96 Å². The van der Waals surface area contributed by atoms with E-state index in [9.17, 15) is 9.18 Å². The summed E-state index contributed by atoms with van der Waals surface area (Å²) < 4.78 is 13.1. The number of guanidine groups is 1. The number of hydrogen-bond acceptors (Lipinski definition) is 6. The summed E-state index contributed by atoms with van der Waals surface area (Å²) in [4.78, 5) is 33.7. The standard InChI is InChI=1S/C22H29FN8O.HI/c23-18-2-4-19(5-3-18)28-10-14-30(15-11-28)21(24)25-9-6-20(32)29-12-16-31(17-13-29)22-26-7-1-8-27-22;/h1-5,7-8H,6,9-17H2,(H2,24,25);1H. The fourth-order valence-corrected chi connectivity index (χ4v) is 3.98. The molecule has 0 atom stereocenters. The first-order chi connectivity index (χ1) is 15.6. The Morgan fingerprint density at radius 3 is 2.12 bits per heavy atom. The van der Waals surface area contributed by atoms with E-state index in [2.05, 4.69) is 24.8 Å². The third kappa shape index (κ3) is 6.65. The molecule has 9 nitrogen and oxygen atoms in total. The lowest BCUT2D eigenvalue weighted by Crippen LogP contribution is -2.51. The van der Waals surface area contributed by atoms with Gasteiger partial charge in [-0.15, -0.1) is 24.0 Å². The van der Waals surface area contributed by atoms with Crippen LogP contribution in [0.4, 0.5) is 16.0 Å². The van der Waals surface area contributed by atoms with E-state index in [1.807, 2.05) is 9.80 Å². The van der Waals surface area contributed by atoms with Crippen LogP contribution in [0.3, 0.4) is 0 Å². The quantitative estimate of drug-likeness (QED) is 0.331. The smallest absolute Gasteiger partial charge is 0.225 e. The van der Waals surface area contributed by atoms with Crippen LogP contribution in [0.25, 0.3) is 0 Å². The number of carbonyl (C=O) groups excluding carboxylic acids is 1. The summed E-state index contributed by atoms with van der Waals surface area (Å²) >= 11 is 0. The predicted molar refractivity (Wildman–Crippen MR) is 138 cm³/mol. The van der Waals surface area contributed by atoms with Crippen LogP contribution in [-0.4, -0.2) is 90.5 Å². The molecule has 2 aliphatic rings. The van der Waals surface area contributed by atoms with Crippen molar-refractivity contribution in [1.82, 2.24) is 19.8 Å². The number of nitrogens with two attached hydrogens (primary N) is 1. The number of anilines is 2. The highest BCUT2D eigenvalue weighted by Gasteiger charge is 2.22. The molecule has 0 radical (unpaired) electrons. The van der Waals surface area contributed by atoms with Gasteiger partial charge in [-0.05, 0) is 30.3 Å². The topological polar surface area (TPSA) is 94.2 Å². The number of halogens is 2. The number of aliphatic imine (C=N–C) groups is 1. The zero-order chi connectivity index (χ0) is 22.3. The summed E-state index contributed by atoms with van der Waals surface area (Å²) in [6, 6.07) is 8.33. The second-order valence-corrected chi connectivity index (χ2v) is 7.86. The number of aromatic nitrogens is 2. The van der Waals surface area contributed by atoms with Gasteiger partial charge in [-0.1, -0.05) is 0 Å². The van der Waals surface area contributed by atoms with Gasteiger partial charge >= 0.3 is 0 Å². The molecule has 2 fully saturated rings. The fourth-order valence-electron chi connectivity index (χ4n) is 3.98. The molecule has 1 aromatic heterocycles. The van der Waals surface area contributed by atoms with E-state index in [0.717, 1.165) is 45.0 Å². The summed E-state index contributed by atoms with van der Waals surface area (Å²) in [6.45, 7) is 6.19. The molecule has 0 saturated carbocycles. The lowest BCUT2D eigenvalue weighted by molar-refractivity contribution is -0.131. The molecule has 2 aliphatic heterocycles. The molecule has 2 saturated heterocycles. The number of hydrogen-bond donors (Lipinski definition) is 1. The lowest BCUT2D eigenvalue weighted by atomic mass is 10.2. The van der Waals surface area contributed by atoms with Crippen molar-refractivity contribution >= 4 is 47.5 Å². The monoisotopic (exact) mass is 568 g/mol. The number of piperazine rings is 2. The zero-order valence-electron chi connectivity index (χ0n) is 18.5. The Labute approximate surface area is 210 Å². The van der Waals surface area contributed by atoms with Gasteiger partial charge in [0.25, 0.3) is 0 Å². The van der Waals surface area contributed by atoms with Gasteiger partial charge in [0.1, 0.15) is 5.82 Å². The van der Waals surface area contributed by atoms with Crippen LogP contribution in [0.1, 0.15) is 6.42 Å². The molecule has 3 heterocycles. The summed E-state index contributed by atoms with van der Waals surface area (Å²) in [5.74, 6) is 1.04. The van der Waals surface area contributed by atoms with Crippen molar-refractivity contribution in [2.75, 3.05) is 68.7 Å².